The highest BCUT2D eigenvalue weighted by atomic mass is 79.9. The molecule has 2 aromatic heterocycles. The molecule has 0 radical (unpaired) electrons. The van der Waals surface area contributed by atoms with Crippen molar-refractivity contribution in [2.75, 3.05) is 5.73 Å². The first kappa shape index (κ1) is 18.0. The van der Waals surface area contributed by atoms with Gasteiger partial charge in [-0.25, -0.2) is 4.79 Å². The van der Waals surface area contributed by atoms with Gasteiger partial charge in [0.15, 0.2) is 0 Å². The number of rotatable bonds is 2. The summed E-state index contributed by atoms with van der Waals surface area (Å²) in [7, 11) is 0. The number of imidazole rings is 1. The van der Waals surface area contributed by atoms with Crippen molar-refractivity contribution in [3.8, 4) is 11.4 Å². The topological polar surface area (TPSA) is 65.8 Å². The van der Waals surface area contributed by atoms with E-state index >= 15 is 0 Å². The Hall–Kier alpha value is -3.09. The van der Waals surface area contributed by atoms with Crippen LogP contribution < -0.4 is 11.4 Å². The fourth-order valence-electron chi connectivity index (χ4n) is 3.62. The van der Waals surface area contributed by atoms with E-state index in [1.165, 1.54) is 0 Å². The van der Waals surface area contributed by atoms with Crippen LogP contribution in [0.5, 0.6) is 0 Å². The Labute approximate surface area is 179 Å². The minimum atomic E-state index is -0.264. The Morgan fingerprint density at radius 1 is 0.931 bits per heavy atom. The summed E-state index contributed by atoms with van der Waals surface area (Å²) in [4.78, 5) is 18.3. The van der Waals surface area contributed by atoms with E-state index in [-0.39, 0.29) is 5.69 Å². The maximum absolute atomic E-state index is 13.7. The molecule has 5 nitrogen and oxygen atoms in total. The highest BCUT2D eigenvalue weighted by Gasteiger charge is 2.21. The molecule has 29 heavy (non-hydrogen) atoms. The van der Waals surface area contributed by atoms with E-state index in [0.717, 1.165) is 20.9 Å². The predicted molar refractivity (Wildman–Crippen MR) is 121 cm³/mol. The number of para-hydroxylation sites is 3. The molecule has 2 heterocycles. The van der Waals surface area contributed by atoms with Crippen molar-refractivity contribution >= 4 is 55.2 Å². The molecule has 0 amide bonds. The largest absolute Gasteiger partial charge is 0.397 e. The van der Waals surface area contributed by atoms with Gasteiger partial charge >= 0.3 is 5.69 Å². The third-order valence-electron chi connectivity index (χ3n) is 4.90. The molecule has 0 aliphatic carbocycles. The molecular weight excluding hydrogens is 452 g/mol. The summed E-state index contributed by atoms with van der Waals surface area (Å²) in [5.74, 6) is 0. The summed E-state index contributed by atoms with van der Waals surface area (Å²) < 4.78 is 4.10. The van der Waals surface area contributed by atoms with Crippen LogP contribution in [-0.2, 0) is 0 Å². The van der Waals surface area contributed by atoms with Crippen molar-refractivity contribution in [2.24, 2.45) is 0 Å². The van der Waals surface area contributed by atoms with Gasteiger partial charge in [-0.15, -0.1) is 0 Å². The summed E-state index contributed by atoms with van der Waals surface area (Å²) in [5.41, 5.74) is 9.79. The zero-order valence-corrected chi connectivity index (χ0v) is 17.4. The lowest BCUT2D eigenvalue weighted by atomic mass is 10.2. The van der Waals surface area contributed by atoms with E-state index in [2.05, 4.69) is 20.9 Å². The van der Waals surface area contributed by atoms with E-state index in [1.807, 2.05) is 54.6 Å². The number of pyridine rings is 1. The molecule has 142 valence electrons. The van der Waals surface area contributed by atoms with E-state index in [1.54, 1.807) is 27.5 Å². The number of halogens is 2. The molecule has 0 fully saturated rings. The average Bonchev–Trinajstić information content (AvgIpc) is 3.01. The molecule has 0 bridgehead atoms. The lowest BCUT2D eigenvalue weighted by Gasteiger charge is -2.07. The van der Waals surface area contributed by atoms with E-state index in [0.29, 0.717) is 27.6 Å². The molecule has 0 atom stereocenters. The van der Waals surface area contributed by atoms with Gasteiger partial charge in [0.25, 0.3) is 0 Å². The first-order valence-electron chi connectivity index (χ1n) is 8.88. The summed E-state index contributed by atoms with van der Waals surface area (Å²) in [6.45, 7) is 0. The Kier molecular flexibility index (Phi) is 4.19. The molecule has 5 aromatic rings. The fourth-order valence-corrected chi connectivity index (χ4v) is 4.20. The first-order chi connectivity index (χ1) is 14.1. The summed E-state index contributed by atoms with van der Waals surface area (Å²) in [6, 6.07) is 20.3. The molecule has 0 spiro atoms. The van der Waals surface area contributed by atoms with Gasteiger partial charge < -0.3 is 5.73 Å². The molecule has 0 unspecified atom stereocenters. The molecule has 7 heteroatoms. The smallest absolute Gasteiger partial charge is 0.338 e. The van der Waals surface area contributed by atoms with E-state index in [4.69, 9.17) is 17.3 Å². The molecule has 3 aromatic carbocycles. The van der Waals surface area contributed by atoms with Crippen LogP contribution in [0.3, 0.4) is 0 Å². The normalized spacial score (nSPS) is 11.4. The van der Waals surface area contributed by atoms with Gasteiger partial charge in [-0.05, 0) is 42.5 Å². The van der Waals surface area contributed by atoms with Crippen LogP contribution >= 0.6 is 27.5 Å². The third-order valence-corrected chi connectivity index (χ3v) is 5.71. The van der Waals surface area contributed by atoms with Gasteiger partial charge in [-0.3, -0.25) is 14.1 Å². The second kappa shape index (κ2) is 6.76. The van der Waals surface area contributed by atoms with Crippen LogP contribution in [0, 0.1) is 0 Å². The Morgan fingerprint density at radius 2 is 1.66 bits per heavy atom. The van der Waals surface area contributed by atoms with Crippen LogP contribution in [0.4, 0.5) is 5.69 Å². The van der Waals surface area contributed by atoms with Gasteiger partial charge in [0.05, 0.1) is 44.8 Å². The highest BCUT2D eigenvalue weighted by Crippen LogP contribution is 2.31. The van der Waals surface area contributed by atoms with E-state index in [9.17, 15) is 4.79 Å². The van der Waals surface area contributed by atoms with Gasteiger partial charge in [-0.2, -0.15) is 0 Å². The van der Waals surface area contributed by atoms with Crippen molar-refractivity contribution in [3.63, 3.8) is 0 Å². The van der Waals surface area contributed by atoms with Crippen LogP contribution in [0.2, 0.25) is 5.02 Å². The van der Waals surface area contributed by atoms with Crippen LogP contribution in [-0.4, -0.2) is 14.1 Å². The number of hydrogen-bond acceptors (Lipinski definition) is 3. The maximum atomic E-state index is 13.7. The second-order valence-electron chi connectivity index (χ2n) is 6.62. The zero-order chi connectivity index (χ0) is 20.1. The molecular formula is C22H14BrClN4O. The number of nitrogen functional groups attached to an aromatic ring is 1. The van der Waals surface area contributed by atoms with Crippen molar-refractivity contribution in [2.45, 2.75) is 0 Å². The van der Waals surface area contributed by atoms with Gasteiger partial charge in [0, 0.05) is 9.86 Å². The Balaban J connectivity index is 2.04. The number of fused-ring (bicyclic) bond motifs is 3. The van der Waals surface area contributed by atoms with Crippen molar-refractivity contribution in [3.05, 3.63) is 92.9 Å². The molecule has 0 saturated heterocycles. The molecule has 0 aliphatic rings. The van der Waals surface area contributed by atoms with E-state index < -0.39 is 0 Å². The average molecular weight is 466 g/mol. The van der Waals surface area contributed by atoms with Gasteiger partial charge in [0.1, 0.15) is 0 Å². The molecule has 2 N–H and O–H groups in total. The monoisotopic (exact) mass is 464 g/mol. The lowest BCUT2D eigenvalue weighted by Crippen LogP contribution is -2.23. The third kappa shape index (κ3) is 2.75. The highest BCUT2D eigenvalue weighted by molar-refractivity contribution is 9.10. The number of aromatic nitrogens is 3. The Morgan fingerprint density at radius 3 is 2.41 bits per heavy atom. The maximum Gasteiger partial charge on any atom is 0.338 e. The zero-order valence-electron chi connectivity index (χ0n) is 15.0. The van der Waals surface area contributed by atoms with Gasteiger partial charge in [-0.1, -0.05) is 51.8 Å². The SMILES string of the molecule is Nc1ccccc1-n1c(=O)n(-c2ccccc2Cl)c2c3cc(Br)ccc3ncc21. The Bertz CT molecular complexity index is 1470. The standard InChI is InChI=1S/C22H14BrClN4O/c23-13-9-10-17-14(11-13)21-20(12-26-17)27(19-8-4-2-6-16(19)25)22(29)28(21)18-7-3-1-5-15(18)24/h1-12H,25H2. The number of hydrogen-bond donors (Lipinski definition) is 1. The number of nitrogens with zero attached hydrogens (tertiary/aromatic N) is 3. The van der Waals surface area contributed by atoms with Crippen LogP contribution in [0.15, 0.2) is 82.2 Å². The summed E-state index contributed by atoms with van der Waals surface area (Å²) in [5, 5.41) is 1.32. The minimum Gasteiger partial charge on any atom is -0.397 e. The lowest BCUT2D eigenvalue weighted by molar-refractivity contribution is 0.932. The molecule has 5 rings (SSSR count). The summed E-state index contributed by atoms with van der Waals surface area (Å²) >= 11 is 10.0. The minimum absolute atomic E-state index is 0.264. The van der Waals surface area contributed by atoms with Crippen molar-refractivity contribution < 1.29 is 0 Å². The summed E-state index contributed by atoms with van der Waals surface area (Å²) in [6.07, 6.45) is 1.70. The number of nitrogens with two attached hydrogens (primary N) is 1. The first-order valence-corrected chi connectivity index (χ1v) is 10.0. The molecule has 0 saturated carbocycles. The van der Waals surface area contributed by atoms with Crippen molar-refractivity contribution in [1.82, 2.24) is 14.1 Å². The molecule has 0 aliphatic heterocycles. The second-order valence-corrected chi connectivity index (χ2v) is 7.94. The van der Waals surface area contributed by atoms with Gasteiger partial charge in [0.2, 0.25) is 0 Å². The van der Waals surface area contributed by atoms with Crippen LogP contribution in [0.25, 0.3) is 33.3 Å². The number of anilines is 1. The number of benzene rings is 3. The van der Waals surface area contributed by atoms with Crippen LogP contribution in [0.1, 0.15) is 0 Å². The quantitative estimate of drug-likeness (QED) is 0.358. The fraction of sp³-hybridized carbons (Fsp3) is 0. The predicted octanol–water partition coefficient (Wildman–Crippen LogP) is 5.33. The van der Waals surface area contributed by atoms with Crippen molar-refractivity contribution in [1.29, 1.82) is 0 Å².